The zero-order valence-corrected chi connectivity index (χ0v) is 18.8. The lowest BCUT2D eigenvalue weighted by Crippen LogP contribution is -2.73. The molecule has 0 saturated carbocycles. The Morgan fingerprint density at radius 1 is 0.967 bits per heavy atom. The van der Waals surface area contributed by atoms with Crippen molar-refractivity contribution in [2.45, 2.75) is 82.7 Å². The van der Waals surface area contributed by atoms with Crippen LogP contribution in [0, 0.1) is 5.92 Å². The first-order chi connectivity index (χ1) is 14.1. The maximum Gasteiger partial charge on any atom is 0.321 e. The van der Waals surface area contributed by atoms with Crippen LogP contribution in [0.25, 0.3) is 0 Å². The summed E-state index contributed by atoms with van der Waals surface area (Å²) in [7, 11) is 0. The molecule has 4 aliphatic heterocycles. The molecule has 30 heavy (non-hydrogen) atoms. The minimum atomic E-state index is -0.698. The second-order valence-corrected chi connectivity index (χ2v) is 10.8. The standard InChI is InChI=1S/C22H38N4O4/c1-14(2)23-10-16(11-23)26-9-15(19(26)21(29)30)8-22(3,4)24-12-17(13-24)25-7-5-6-18(25)20(27)28/h14-19H,5-13H2,1-4H3,(H,27,28)(H,29,30). The molecule has 4 aliphatic rings. The zero-order chi connectivity index (χ0) is 21.8. The van der Waals surface area contributed by atoms with Crippen LogP contribution in [0.5, 0.6) is 0 Å². The number of hydrogen-bond donors (Lipinski definition) is 2. The molecule has 8 nitrogen and oxygen atoms in total. The third kappa shape index (κ3) is 3.87. The molecule has 4 heterocycles. The van der Waals surface area contributed by atoms with Crippen LogP contribution < -0.4 is 0 Å². The quantitative estimate of drug-likeness (QED) is 0.596. The lowest BCUT2D eigenvalue weighted by Gasteiger charge is -2.59. The van der Waals surface area contributed by atoms with Crippen molar-refractivity contribution in [3.05, 3.63) is 0 Å². The van der Waals surface area contributed by atoms with Crippen molar-refractivity contribution in [2.24, 2.45) is 5.92 Å². The normalized spacial score (nSPS) is 32.8. The summed E-state index contributed by atoms with van der Waals surface area (Å²) >= 11 is 0. The van der Waals surface area contributed by atoms with Gasteiger partial charge in [0.2, 0.25) is 0 Å². The Labute approximate surface area is 179 Å². The van der Waals surface area contributed by atoms with E-state index in [4.69, 9.17) is 0 Å². The summed E-state index contributed by atoms with van der Waals surface area (Å²) in [5, 5.41) is 19.3. The largest absolute Gasteiger partial charge is 0.480 e. The maximum atomic E-state index is 12.0. The minimum absolute atomic E-state index is 0.0665. The molecule has 2 N–H and O–H groups in total. The van der Waals surface area contributed by atoms with E-state index in [1.165, 1.54) is 0 Å². The highest BCUT2D eigenvalue weighted by atomic mass is 16.4. The Kier molecular flexibility index (Phi) is 5.89. The molecular formula is C22H38N4O4. The van der Waals surface area contributed by atoms with Gasteiger partial charge in [-0.05, 0) is 59.4 Å². The minimum Gasteiger partial charge on any atom is -0.480 e. The number of hydrogen-bond acceptors (Lipinski definition) is 6. The fraction of sp³-hybridized carbons (Fsp3) is 0.909. The molecule has 4 saturated heterocycles. The van der Waals surface area contributed by atoms with Gasteiger partial charge in [-0.15, -0.1) is 0 Å². The maximum absolute atomic E-state index is 12.0. The van der Waals surface area contributed by atoms with Crippen LogP contribution in [-0.4, -0.2) is 117 Å². The molecule has 4 fully saturated rings. The fourth-order valence-electron chi connectivity index (χ4n) is 6.05. The first-order valence-electron chi connectivity index (χ1n) is 11.5. The van der Waals surface area contributed by atoms with E-state index in [0.29, 0.717) is 18.1 Å². The van der Waals surface area contributed by atoms with E-state index in [0.717, 1.165) is 58.5 Å². The summed E-state index contributed by atoms with van der Waals surface area (Å²) in [5.41, 5.74) is -0.0665. The molecule has 4 rings (SSSR count). The predicted molar refractivity (Wildman–Crippen MR) is 114 cm³/mol. The van der Waals surface area contributed by atoms with Crippen molar-refractivity contribution in [1.82, 2.24) is 19.6 Å². The second kappa shape index (κ2) is 8.04. The van der Waals surface area contributed by atoms with E-state index in [2.05, 4.69) is 47.3 Å². The Morgan fingerprint density at radius 2 is 1.60 bits per heavy atom. The molecule has 0 radical (unpaired) electrons. The van der Waals surface area contributed by atoms with Gasteiger partial charge in [-0.2, -0.15) is 0 Å². The monoisotopic (exact) mass is 422 g/mol. The Morgan fingerprint density at radius 3 is 2.17 bits per heavy atom. The zero-order valence-electron chi connectivity index (χ0n) is 18.8. The molecule has 0 aliphatic carbocycles. The smallest absolute Gasteiger partial charge is 0.321 e. The third-order valence-corrected chi connectivity index (χ3v) is 8.12. The van der Waals surface area contributed by atoms with Gasteiger partial charge in [0, 0.05) is 56.4 Å². The van der Waals surface area contributed by atoms with Crippen molar-refractivity contribution in [3.8, 4) is 0 Å². The van der Waals surface area contributed by atoms with Crippen LogP contribution in [0.3, 0.4) is 0 Å². The van der Waals surface area contributed by atoms with Crippen molar-refractivity contribution >= 4 is 11.9 Å². The second-order valence-electron chi connectivity index (χ2n) is 10.8. The van der Waals surface area contributed by atoms with Crippen LogP contribution >= 0.6 is 0 Å². The van der Waals surface area contributed by atoms with Gasteiger partial charge in [0.05, 0.1) is 0 Å². The highest BCUT2D eigenvalue weighted by Gasteiger charge is 2.53. The molecule has 0 bridgehead atoms. The lowest BCUT2D eigenvalue weighted by atomic mass is 9.76. The van der Waals surface area contributed by atoms with Gasteiger partial charge in [-0.1, -0.05) is 0 Å². The summed E-state index contributed by atoms with van der Waals surface area (Å²) in [6.07, 6.45) is 2.59. The van der Waals surface area contributed by atoms with Crippen LogP contribution in [0.2, 0.25) is 0 Å². The summed E-state index contributed by atoms with van der Waals surface area (Å²) in [6.45, 7) is 14.3. The lowest BCUT2D eigenvalue weighted by molar-refractivity contribution is -0.166. The number of nitrogens with zero attached hydrogens (tertiary/aromatic N) is 4. The van der Waals surface area contributed by atoms with E-state index in [9.17, 15) is 19.8 Å². The number of aliphatic carboxylic acids is 2. The SMILES string of the molecule is CC(C)N1CC(N2CC(CC(C)(C)N3CC(N4CCCC4C(=O)O)C3)C2C(=O)O)C1. The van der Waals surface area contributed by atoms with Gasteiger partial charge in [0.15, 0.2) is 0 Å². The summed E-state index contributed by atoms with van der Waals surface area (Å²) in [6, 6.07) is 0.527. The van der Waals surface area contributed by atoms with Crippen molar-refractivity contribution in [1.29, 1.82) is 0 Å². The van der Waals surface area contributed by atoms with Crippen LogP contribution in [0.1, 0.15) is 47.0 Å². The van der Waals surface area contributed by atoms with Gasteiger partial charge >= 0.3 is 11.9 Å². The fourth-order valence-corrected chi connectivity index (χ4v) is 6.05. The van der Waals surface area contributed by atoms with E-state index >= 15 is 0 Å². The Balaban J connectivity index is 1.29. The first kappa shape index (κ1) is 22.0. The highest BCUT2D eigenvalue weighted by Crippen LogP contribution is 2.40. The molecule has 8 heteroatoms. The van der Waals surface area contributed by atoms with Crippen molar-refractivity contribution < 1.29 is 19.8 Å². The molecule has 0 aromatic rings. The molecule has 0 amide bonds. The van der Waals surface area contributed by atoms with Gasteiger partial charge < -0.3 is 10.2 Å². The van der Waals surface area contributed by atoms with E-state index in [1.807, 2.05) is 0 Å². The average molecular weight is 423 g/mol. The number of carboxylic acids is 2. The van der Waals surface area contributed by atoms with Crippen LogP contribution in [-0.2, 0) is 9.59 Å². The number of likely N-dealkylation sites (tertiary alicyclic amines) is 4. The summed E-state index contributed by atoms with van der Waals surface area (Å²) < 4.78 is 0. The van der Waals surface area contributed by atoms with Gasteiger partial charge in [-0.3, -0.25) is 29.2 Å². The molecule has 3 atom stereocenters. The van der Waals surface area contributed by atoms with E-state index < -0.39 is 11.9 Å². The molecule has 3 unspecified atom stereocenters. The number of carboxylic acid groups (broad SMARTS) is 2. The van der Waals surface area contributed by atoms with Crippen molar-refractivity contribution in [3.63, 3.8) is 0 Å². The van der Waals surface area contributed by atoms with Crippen molar-refractivity contribution in [2.75, 3.05) is 39.3 Å². The van der Waals surface area contributed by atoms with Crippen LogP contribution in [0.4, 0.5) is 0 Å². The van der Waals surface area contributed by atoms with Gasteiger partial charge in [0.25, 0.3) is 0 Å². The summed E-state index contributed by atoms with van der Waals surface area (Å²) in [5.74, 6) is -1.20. The predicted octanol–water partition coefficient (Wildman–Crippen LogP) is 0.866. The van der Waals surface area contributed by atoms with Crippen LogP contribution in [0.15, 0.2) is 0 Å². The van der Waals surface area contributed by atoms with Gasteiger partial charge in [-0.25, -0.2) is 0 Å². The Hall–Kier alpha value is -1.22. The Bertz CT molecular complexity index is 672. The molecule has 170 valence electrons. The average Bonchev–Trinajstić information content (AvgIpc) is 2.98. The number of rotatable bonds is 8. The first-order valence-corrected chi connectivity index (χ1v) is 11.5. The number of carbonyl (C=O) groups is 2. The topological polar surface area (TPSA) is 87.6 Å². The highest BCUT2D eigenvalue weighted by molar-refractivity contribution is 5.75. The molecule has 0 spiro atoms. The third-order valence-electron chi connectivity index (χ3n) is 8.12. The van der Waals surface area contributed by atoms with E-state index in [-0.39, 0.29) is 23.5 Å². The molecule has 0 aromatic heterocycles. The van der Waals surface area contributed by atoms with E-state index in [1.54, 1.807) is 0 Å². The molecule has 0 aromatic carbocycles. The summed E-state index contributed by atoms with van der Waals surface area (Å²) in [4.78, 5) is 32.6. The molecular weight excluding hydrogens is 384 g/mol. The van der Waals surface area contributed by atoms with Gasteiger partial charge in [0.1, 0.15) is 12.1 Å².